The molecule has 0 saturated heterocycles. The molecule has 3 N–H and O–H groups in total. The largest absolute Gasteiger partial charge is 0.374 e. The third-order valence-electron chi connectivity index (χ3n) is 2.43. The zero-order valence-electron chi connectivity index (χ0n) is 10.5. The van der Waals surface area contributed by atoms with Gasteiger partial charge in [-0.05, 0) is 31.5 Å². The second-order valence-corrected chi connectivity index (χ2v) is 4.81. The molecule has 0 radical (unpaired) electrons. The van der Waals surface area contributed by atoms with Crippen LogP contribution in [0.15, 0.2) is 22.7 Å². The molecule has 0 spiro atoms. The third kappa shape index (κ3) is 4.03. The Labute approximate surface area is 114 Å². The highest BCUT2D eigenvalue weighted by atomic mass is 79.9. The Bertz CT molecular complexity index is 463. The number of carbonyl (C=O) groups is 2. The predicted molar refractivity (Wildman–Crippen MR) is 74.6 cm³/mol. The number of hydrogen-bond donors (Lipinski definition) is 3. The number of hydrogen-bond acceptors (Lipinski definition) is 3. The molecule has 1 atom stereocenters. The van der Waals surface area contributed by atoms with E-state index in [9.17, 15) is 9.59 Å². The minimum atomic E-state index is -0.514. The van der Waals surface area contributed by atoms with E-state index < -0.39 is 12.1 Å². The van der Waals surface area contributed by atoms with E-state index in [1.165, 1.54) is 7.05 Å². The summed E-state index contributed by atoms with van der Waals surface area (Å²) in [5.74, 6) is -0.381. The quantitative estimate of drug-likeness (QED) is 0.799. The van der Waals surface area contributed by atoms with Crippen LogP contribution in [0.3, 0.4) is 0 Å². The zero-order chi connectivity index (χ0) is 13.7. The maximum absolute atomic E-state index is 11.7. The number of halogens is 1. The number of rotatable bonds is 3. The van der Waals surface area contributed by atoms with Crippen molar-refractivity contribution in [3.63, 3.8) is 0 Å². The van der Waals surface area contributed by atoms with Gasteiger partial charge in [0.15, 0.2) is 0 Å². The van der Waals surface area contributed by atoms with Crippen molar-refractivity contribution in [1.82, 2.24) is 10.6 Å². The highest BCUT2D eigenvalue weighted by Gasteiger charge is 2.15. The van der Waals surface area contributed by atoms with E-state index in [-0.39, 0.29) is 5.91 Å². The molecule has 1 aromatic carbocycles. The minimum absolute atomic E-state index is 0.381. The van der Waals surface area contributed by atoms with Crippen molar-refractivity contribution < 1.29 is 9.59 Å². The number of carbonyl (C=O) groups excluding carboxylic acids is 2. The SMILES string of the molecule is CNC(=O)NC(=O)C(C)Nc1cc(Br)ccc1C. The fourth-order valence-electron chi connectivity index (χ4n) is 1.33. The average Bonchev–Trinajstić information content (AvgIpc) is 2.33. The fourth-order valence-corrected chi connectivity index (χ4v) is 1.69. The minimum Gasteiger partial charge on any atom is -0.374 e. The van der Waals surface area contributed by atoms with Crippen molar-refractivity contribution in [1.29, 1.82) is 0 Å². The summed E-state index contributed by atoms with van der Waals surface area (Å²) in [7, 11) is 1.46. The van der Waals surface area contributed by atoms with E-state index in [2.05, 4.69) is 31.9 Å². The summed E-state index contributed by atoms with van der Waals surface area (Å²) in [4.78, 5) is 22.7. The lowest BCUT2D eigenvalue weighted by atomic mass is 10.2. The van der Waals surface area contributed by atoms with E-state index in [1.54, 1.807) is 6.92 Å². The number of amides is 3. The van der Waals surface area contributed by atoms with E-state index >= 15 is 0 Å². The maximum Gasteiger partial charge on any atom is 0.321 e. The molecule has 1 rings (SSSR count). The van der Waals surface area contributed by atoms with Crippen molar-refractivity contribution in [2.24, 2.45) is 0 Å². The molecule has 1 aromatic rings. The van der Waals surface area contributed by atoms with Gasteiger partial charge < -0.3 is 10.6 Å². The van der Waals surface area contributed by atoms with Crippen LogP contribution in [0, 0.1) is 6.92 Å². The molecular weight excluding hydrogens is 298 g/mol. The van der Waals surface area contributed by atoms with Crippen LogP contribution in [-0.2, 0) is 4.79 Å². The summed E-state index contributed by atoms with van der Waals surface area (Å²) in [6.45, 7) is 3.64. The molecule has 0 heterocycles. The molecule has 0 bridgehead atoms. The van der Waals surface area contributed by atoms with Crippen LogP contribution in [0.5, 0.6) is 0 Å². The van der Waals surface area contributed by atoms with Crippen molar-refractivity contribution in [2.75, 3.05) is 12.4 Å². The van der Waals surface area contributed by atoms with Gasteiger partial charge in [-0.25, -0.2) is 4.79 Å². The molecule has 6 heteroatoms. The van der Waals surface area contributed by atoms with Crippen LogP contribution in [0.4, 0.5) is 10.5 Å². The van der Waals surface area contributed by atoms with Crippen LogP contribution < -0.4 is 16.0 Å². The molecule has 0 aliphatic carbocycles. The van der Waals surface area contributed by atoms with Crippen LogP contribution >= 0.6 is 15.9 Å². The number of urea groups is 1. The van der Waals surface area contributed by atoms with Crippen LogP contribution in [0.1, 0.15) is 12.5 Å². The highest BCUT2D eigenvalue weighted by molar-refractivity contribution is 9.10. The van der Waals surface area contributed by atoms with E-state index in [4.69, 9.17) is 0 Å². The lowest BCUT2D eigenvalue weighted by Crippen LogP contribution is -2.44. The Morgan fingerprint density at radius 2 is 2.00 bits per heavy atom. The van der Waals surface area contributed by atoms with Gasteiger partial charge in [0.1, 0.15) is 6.04 Å². The Balaban J connectivity index is 2.69. The molecule has 0 aromatic heterocycles. The number of anilines is 1. The molecule has 0 aliphatic heterocycles. The number of imide groups is 1. The van der Waals surface area contributed by atoms with Gasteiger partial charge in [-0.3, -0.25) is 10.1 Å². The highest BCUT2D eigenvalue weighted by Crippen LogP contribution is 2.21. The molecule has 1 unspecified atom stereocenters. The van der Waals surface area contributed by atoms with Gasteiger partial charge in [-0.2, -0.15) is 0 Å². The number of aryl methyl sites for hydroxylation is 1. The topological polar surface area (TPSA) is 70.2 Å². The number of nitrogens with one attached hydrogen (secondary N) is 3. The van der Waals surface area contributed by atoms with Gasteiger partial charge in [0.2, 0.25) is 5.91 Å². The first-order valence-corrected chi connectivity index (χ1v) is 6.28. The summed E-state index contributed by atoms with van der Waals surface area (Å²) in [5, 5.41) is 7.61. The van der Waals surface area contributed by atoms with Gasteiger partial charge in [0.05, 0.1) is 0 Å². The van der Waals surface area contributed by atoms with Crippen molar-refractivity contribution >= 4 is 33.6 Å². The van der Waals surface area contributed by atoms with E-state index in [1.807, 2.05) is 25.1 Å². The molecular formula is C12H16BrN3O2. The summed E-state index contributed by atoms with van der Waals surface area (Å²) in [5.41, 5.74) is 1.88. The van der Waals surface area contributed by atoms with Gasteiger partial charge in [0, 0.05) is 17.2 Å². The Kier molecular flexibility index (Phi) is 5.15. The summed E-state index contributed by atoms with van der Waals surface area (Å²) >= 11 is 3.37. The smallest absolute Gasteiger partial charge is 0.321 e. The Hall–Kier alpha value is -1.56. The first-order chi connectivity index (χ1) is 8.43. The molecule has 0 aliphatic rings. The van der Waals surface area contributed by atoms with Crippen molar-refractivity contribution in [2.45, 2.75) is 19.9 Å². The molecule has 0 saturated carbocycles. The first-order valence-electron chi connectivity index (χ1n) is 5.49. The molecule has 5 nitrogen and oxygen atoms in total. The van der Waals surface area contributed by atoms with Crippen LogP contribution in [0.25, 0.3) is 0 Å². The number of benzene rings is 1. The predicted octanol–water partition coefficient (Wildman–Crippen LogP) is 2.01. The average molecular weight is 314 g/mol. The Morgan fingerprint density at radius 1 is 1.33 bits per heavy atom. The summed E-state index contributed by atoms with van der Waals surface area (Å²) in [6, 6.07) is 4.74. The zero-order valence-corrected chi connectivity index (χ0v) is 12.1. The third-order valence-corrected chi connectivity index (χ3v) is 2.92. The van der Waals surface area contributed by atoms with Gasteiger partial charge >= 0.3 is 6.03 Å². The lowest BCUT2D eigenvalue weighted by Gasteiger charge is -2.16. The van der Waals surface area contributed by atoms with Crippen LogP contribution in [-0.4, -0.2) is 25.0 Å². The van der Waals surface area contributed by atoms with Crippen LogP contribution in [0.2, 0.25) is 0 Å². The van der Waals surface area contributed by atoms with Gasteiger partial charge in [0.25, 0.3) is 0 Å². The van der Waals surface area contributed by atoms with E-state index in [0.29, 0.717) is 0 Å². The molecule has 18 heavy (non-hydrogen) atoms. The maximum atomic E-state index is 11.7. The normalized spacial score (nSPS) is 11.6. The summed E-state index contributed by atoms with van der Waals surface area (Å²) < 4.78 is 0.925. The van der Waals surface area contributed by atoms with Crippen molar-refractivity contribution in [3.8, 4) is 0 Å². The monoisotopic (exact) mass is 313 g/mol. The van der Waals surface area contributed by atoms with E-state index in [0.717, 1.165) is 15.7 Å². The molecule has 0 fully saturated rings. The second-order valence-electron chi connectivity index (χ2n) is 3.89. The molecule has 98 valence electrons. The van der Waals surface area contributed by atoms with Gasteiger partial charge in [-0.1, -0.05) is 22.0 Å². The first kappa shape index (κ1) is 14.5. The second kappa shape index (κ2) is 6.39. The van der Waals surface area contributed by atoms with Crippen molar-refractivity contribution in [3.05, 3.63) is 28.2 Å². The standard InChI is InChI=1S/C12H16BrN3O2/c1-7-4-5-9(13)6-10(7)15-8(2)11(17)16-12(18)14-3/h4-6,8,15H,1-3H3,(H2,14,16,17,18). The fraction of sp³-hybridized carbons (Fsp3) is 0.333. The lowest BCUT2D eigenvalue weighted by molar-refractivity contribution is -0.120. The summed E-state index contributed by atoms with van der Waals surface area (Å²) in [6.07, 6.45) is 0. The Morgan fingerprint density at radius 3 is 2.61 bits per heavy atom. The molecule has 3 amide bonds. The van der Waals surface area contributed by atoms with Gasteiger partial charge in [-0.15, -0.1) is 0 Å².